The van der Waals surface area contributed by atoms with E-state index in [2.05, 4.69) is 15.3 Å². The van der Waals surface area contributed by atoms with Gasteiger partial charge in [-0.3, -0.25) is 9.78 Å². The van der Waals surface area contributed by atoms with Gasteiger partial charge in [0.25, 0.3) is 5.91 Å². The zero-order valence-corrected chi connectivity index (χ0v) is 15.9. The summed E-state index contributed by atoms with van der Waals surface area (Å²) in [6.45, 7) is 5.70. The number of rotatable bonds is 4. The van der Waals surface area contributed by atoms with Gasteiger partial charge in [-0.05, 0) is 39.0 Å². The van der Waals surface area contributed by atoms with Crippen molar-refractivity contribution in [1.82, 2.24) is 15.3 Å². The van der Waals surface area contributed by atoms with Crippen molar-refractivity contribution in [2.75, 3.05) is 6.54 Å². The molecule has 3 heterocycles. The van der Waals surface area contributed by atoms with Crippen LogP contribution < -0.4 is 10.1 Å². The number of carbonyl (C=O) groups is 1. The normalized spacial score (nSPS) is 15.2. The van der Waals surface area contributed by atoms with Gasteiger partial charge in [-0.2, -0.15) is 0 Å². The fourth-order valence-electron chi connectivity index (χ4n) is 3.38. The summed E-state index contributed by atoms with van der Waals surface area (Å²) in [6, 6.07) is 4.71. The third kappa shape index (κ3) is 3.24. The Bertz CT molecular complexity index is 1060. The van der Waals surface area contributed by atoms with Crippen molar-refractivity contribution in [1.29, 1.82) is 0 Å². The maximum absolute atomic E-state index is 14.4. The molecule has 0 aliphatic carbocycles. The molecular weight excluding hydrogens is 361 g/mol. The molecule has 0 spiro atoms. The van der Waals surface area contributed by atoms with E-state index in [9.17, 15) is 9.18 Å². The Morgan fingerprint density at radius 1 is 1.29 bits per heavy atom. The number of carbonyl (C=O) groups excluding carboxylic acids is 1. The van der Waals surface area contributed by atoms with Gasteiger partial charge in [0.15, 0.2) is 0 Å². The van der Waals surface area contributed by atoms with E-state index in [1.807, 2.05) is 13.8 Å². The Labute approximate surface area is 161 Å². The lowest BCUT2D eigenvalue weighted by Gasteiger charge is -2.14. The minimum atomic E-state index is -0.361. The molecule has 0 fully saturated rings. The number of nitrogens with one attached hydrogen (secondary N) is 1. The number of halogens is 1. The van der Waals surface area contributed by atoms with Gasteiger partial charge in [0.1, 0.15) is 23.4 Å². The quantitative estimate of drug-likeness (QED) is 0.748. The number of hydrogen-bond donors (Lipinski definition) is 1. The highest BCUT2D eigenvalue weighted by molar-refractivity contribution is 5.95. The second-order valence-electron chi connectivity index (χ2n) is 6.89. The van der Waals surface area contributed by atoms with E-state index in [-0.39, 0.29) is 24.4 Å². The molecule has 0 saturated carbocycles. The summed E-state index contributed by atoms with van der Waals surface area (Å²) < 4.78 is 25.6. The van der Waals surface area contributed by atoms with Crippen LogP contribution in [0.2, 0.25) is 0 Å². The van der Waals surface area contributed by atoms with Crippen LogP contribution in [0, 0.1) is 26.6 Å². The number of amides is 1. The Kier molecular flexibility index (Phi) is 4.58. The molecule has 1 aliphatic rings. The Morgan fingerprint density at radius 3 is 2.86 bits per heavy atom. The van der Waals surface area contributed by atoms with Crippen LogP contribution in [0.4, 0.5) is 4.39 Å². The minimum absolute atomic E-state index is 0.244. The first kappa shape index (κ1) is 18.2. The SMILES string of the molecule is Cc1cnc(C)c(-c2ccc(F)c3c2O[C@@H](CNC(=O)c2ccoc2C)C3)n1. The maximum Gasteiger partial charge on any atom is 0.254 e. The van der Waals surface area contributed by atoms with Crippen LogP contribution >= 0.6 is 0 Å². The van der Waals surface area contributed by atoms with Crippen molar-refractivity contribution >= 4 is 5.91 Å². The van der Waals surface area contributed by atoms with E-state index in [1.165, 1.54) is 12.3 Å². The molecule has 28 heavy (non-hydrogen) atoms. The predicted molar refractivity (Wildman–Crippen MR) is 101 cm³/mol. The summed E-state index contributed by atoms with van der Waals surface area (Å²) in [7, 11) is 0. The van der Waals surface area contributed by atoms with E-state index in [1.54, 1.807) is 25.3 Å². The molecule has 4 rings (SSSR count). The van der Waals surface area contributed by atoms with Gasteiger partial charge in [0, 0.05) is 23.7 Å². The van der Waals surface area contributed by atoms with E-state index in [4.69, 9.17) is 9.15 Å². The average Bonchev–Trinajstić information content (AvgIpc) is 3.29. The molecule has 0 bridgehead atoms. The number of ether oxygens (including phenoxy) is 1. The van der Waals surface area contributed by atoms with Gasteiger partial charge in [0.05, 0.1) is 35.5 Å². The highest BCUT2D eigenvalue weighted by Crippen LogP contribution is 2.40. The molecule has 7 heteroatoms. The summed E-state index contributed by atoms with van der Waals surface area (Å²) in [5.41, 5.74) is 3.89. The number of hydrogen-bond acceptors (Lipinski definition) is 5. The number of aromatic nitrogens is 2. The fourth-order valence-corrected chi connectivity index (χ4v) is 3.38. The molecule has 3 aromatic rings. The third-order valence-corrected chi connectivity index (χ3v) is 4.84. The molecular formula is C21H20FN3O3. The Balaban J connectivity index is 1.56. The summed E-state index contributed by atoms with van der Waals surface area (Å²) in [5, 5.41) is 2.83. The third-order valence-electron chi connectivity index (χ3n) is 4.84. The van der Waals surface area contributed by atoms with Gasteiger partial charge in [-0.15, -0.1) is 0 Å². The molecule has 0 radical (unpaired) electrons. The molecule has 1 amide bonds. The minimum Gasteiger partial charge on any atom is -0.487 e. The summed E-state index contributed by atoms with van der Waals surface area (Å²) in [5.74, 6) is 0.458. The molecule has 6 nitrogen and oxygen atoms in total. The van der Waals surface area contributed by atoms with Crippen LogP contribution in [-0.2, 0) is 6.42 Å². The van der Waals surface area contributed by atoms with E-state index < -0.39 is 0 Å². The molecule has 2 aromatic heterocycles. The van der Waals surface area contributed by atoms with Gasteiger partial charge < -0.3 is 14.5 Å². The highest BCUT2D eigenvalue weighted by Gasteiger charge is 2.30. The molecule has 1 aliphatic heterocycles. The smallest absolute Gasteiger partial charge is 0.254 e. The van der Waals surface area contributed by atoms with E-state index in [0.717, 1.165) is 11.4 Å². The van der Waals surface area contributed by atoms with E-state index in [0.29, 0.717) is 40.3 Å². The number of fused-ring (bicyclic) bond motifs is 1. The molecule has 0 saturated heterocycles. The second-order valence-corrected chi connectivity index (χ2v) is 6.89. The first-order valence-corrected chi connectivity index (χ1v) is 9.05. The largest absolute Gasteiger partial charge is 0.487 e. The van der Waals surface area contributed by atoms with Gasteiger partial charge in [-0.1, -0.05) is 0 Å². The lowest BCUT2D eigenvalue weighted by molar-refractivity contribution is 0.0932. The van der Waals surface area contributed by atoms with E-state index >= 15 is 0 Å². The first-order chi connectivity index (χ1) is 13.4. The highest BCUT2D eigenvalue weighted by atomic mass is 19.1. The van der Waals surface area contributed by atoms with Crippen molar-refractivity contribution in [2.24, 2.45) is 0 Å². The Morgan fingerprint density at radius 2 is 2.11 bits per heavy atom. The van der Waals surface area contributed by atoms with Crippen molar-refractivity contribution < 1.29 is 18.3 Å². The molecule has 1 aromatic carbocycles. The zero-order chi connectivity index (χ0) is 19.8. The monoisotopic (exact) mass is 381 g/mol. The summed E-state index contributed by atoms with van der Waals surface area (Å²) >= 11 is 0. The summed E-state index contributed by atoms with van der Waals surface area (Å²) in [6.07, 6.45) is 3.18. The van der Waals surface area contributed by atoms with Crippen LogP contribution in [0.15, 0.2) is 35.1 Å². The first-order valence-electron chi connectivity index (χ1n) is 9.05. The topological polar surface area (TPSA) is 77.2 Å². The zero-order valence-electron chi connectivity index (χ0n) is 15.9. The maximum atomic E-state index is 14.4. The van der Waals surface area contributed by atoms with Crippen LogP contribution in [0.3, 0.4) is 0 Å². The lowest BCUT2D eigenvalue weighted by atomic mass is 10.0. The van der Waals surface area contributed by atoms with Gasteiger partial charge >= 0.3 is 0 Å². The Hall–Kier alpha value is -3.22. The second kappa shape index (κ2) is 7.07. The fraction of sp³-hybridized carbons (Fsp3) is 0.286. The molecule has 1 atom stereocenters. The molecule has 1 N–H and O–H groups in total. The van der Waals surface area contributed by atoms with Gasteiger partial charge in [-0.25, -0.2) is 9.37 Å². The van der Waals surface area contributed by atoms with Crippen LogP contribution in [0.25, 0.3) is 11.3 Å². The predicted octanol–water partition coefficient (Wildman–Crippen LogP) is 3.53. The van der Waals surface area contributed by atoms with Crippen LogP contribution in [-0.4, -0.2) is 28.5 Å². The number of aryl methyl sites for hydroxylation is 3. The average molecular weight is 381 g/mol. The number of furan rings is 1. The number of nitrogens with zero attached hydrogens (tertiary/aromatic N) is 2. The number of benzene rings is 1. The van der Waals surface area contributed by atoms with Crippen LogP contribution in [0.1, 0.15) is 33.1 Å². The van der Waals surface area contributed by atoms with Crippen molar-refractivity contribution in [2.45, 2.75) is 33.3 Å². The van der Waals surface area contributed by atoms with Crippen molar-refractivity contribution in [3.63, 3.8) is 0 Å². The summed E-state index contributed by atoms with van der Waals surface area (Å²) in [4.78, 5) is 21.2. The van der Waals surface area contributed by atoms with Crippen molar-refractivity contribution in [3.8, 4) is 17.0 Å². The van der Waals surface area contributed by atoms with Crippen molar-refractivity contribution in [3.05, 3.63) is 64.8 Å². The molecule has 0 unspecified atom stereocenters. The lowest BCUT2D eigenvalue weighted by Crippen LogP contribution is -2.34. The van der Waals surface area contributed by atoms with Crippen LogP contribution in [0.5, 0.6) is 5.75 Å². The van der Waals surface area contributed by atoms with Gasteiger partial charge in [0.2, 0.25) is 0 Å². The molecule has 144 valence electrons. The standard InChI is InChI=1S/C21H20FN3O3/c1-11-9-23-12(2)19(25-11)16-4-5-18(22)17-8-14(28-20(16)17)10-24-21(26)15-6-7-27-13(15)3/h4-7,9,14H,8,10H2,1-3H3,(H,24,26)/t14-/m1/s1.